The Hall–Kier alpha value is -4.93. The van der Waals surface area contributed by atoms with Crippen LogP contribution in [0.25, 0.3) is 23.8 Å². The number of hydrogen-bond donors (Lipinski definition) is 3. The van der Waals surface area contributed by atoms with Crippen molar-refractivity contribution in [3.8, 4) is 22.6 Å². The molecule has 0 aliphatic heterocycles. The maximum absolute atomic E-state index is 13.7. The van der Waals surface area contributed by atoms with Crippen LogP contribution in [0.2, 0.25) is 0 Å². The van der Waals surface area contributed by atoms with Crippen molar-refractivity contribution in [1.82, 2.24) is 9.29 Å². The first-order chi connectivity index (χ1) is 20.5. The Kier molecular flexibility index (Phi) is 8.33. The van der Waals surface area contributed by atoms with Gasteiger partial charge in [0.05, 0.1) is 14.1 Å². The summed E-state index contributed by atoms with van der Waals surface area (Å²) in [4.78, 5) is 27.2. The molecule has 8 nitrogen and oxygen atoms in total. The molecule has 0 saturated heterocycles. The first-order valence-corrected chi connectivity index (χ1v) is 15.5. The minimum atomic E-state index is -4.19. The van der Waals surface area contributed by atoms with Gasteiger partial charge in [-0.2, -0.15) is 0 Å². The topological polar surface area (TPSA) is 126 Å². The molecule has 5 rings (SSSR count). The lowest BCUT2D eigenvalue weighted by atomic mass is 10.0. The zero-order chi connectivity index (χ0) is 30.7. The van der Waals surface area contributed by atoms with Gasteiger partial charge in [-0.3, -0.25) is 14.2 Å². The summed E-state index contributed by atoms with van der Waals surface area (Å²) >= 11 is 1.10. The van der Waals surface area contributed by atoms with Crippen LogP contribution >= 0.6 is 11.3 Å². The third kappa shape index (κ3) is 6.77. The van der Waals surface area contributed by atoms with Crippen molar-refractivity contribution in [2.75, 3.05) is 0 Å². The van der Waals surface area contributed by atoms with Crippen molar-refractivity contribution < 1.29 is 23.4 Å². The van der Waals surface area contributed by atoms with Gasteiger partial charge in [-0.1, -0.05) is 78.9 Å². The number of rotatable bonds is 8. The molecule has 1 amide bonds. The van der Waals surface area contributed by atoms with Gasteiger partial charge in [-0.05, 0) is 59.5 Å². The van der Waals surface area contributed by atoms with Crippen molar-refractivity contribution in [2.24, 2.45) is 0 Å². The molecule has 0 bridgehead atoms. The monoisotopic (exact) mass is 612 g/mol. The van der Waals surface area contributed by atoms with E-state index in [2.05, 4.69) is 11.3 Å². The molecule has 5 aromatic rings. The summed E-state index contributed by atoms with van der Waals surface area (Å²) in [6.45, 7) is 5.83. The first-order valence-electron chi connectivity index (χ1n) is 13.2. The highest BCUT2D eigenvalue weighted by atomic mass is 32.2. The van der Waals surface area contributed by atoms with Crippen LogP contribution in [0.1, 0.15) is 22.7 Å². The molecule has 0 unspecified atom stereocenters. The van der Waals surface area contributed by atoms with Crippen LogP contribution in [0.3, 0.4) is 0 Å². The van der Waals surface area contributed by atoms with Crippen LogP contribution in [0, 0.1) is 6.92 Å². The summed E-state index contributed by atoms with van der Waals surface area (Å²) in [5.74, 6) is -0.971. The lowest BCUT2D eigenvalue weighted by Gasteiger charge is -2.18. The number of sulfonamides is 1. The van der Waals surface area contributed by atoms with E-state index in [-0.39, 0.29) is 22.8 Å². The number of phenols is 2. The van der Waals surface area contributed by atoms with Gasteiger partial charge in [-0.15, -0.1) is 11.3 Å². The third-order valence-electron chi connectivity index (χ3n) is 6.82. The number of thiazole rings is 1. The number of aromatic nitrogens is 1. The fourth-order valence-corrected chi connectivity index (χ4v) is 6.61. The Balaban J connectivity index is 1.50. The van der Waals surface area contributed by atoms with Crippen LogP contribution in [0.4, 0.5) is 0 Å². The van der Waals surface area contributed by atoms with Gasteiger partial charge < -0.3 is 10.2 Å². The van der Waals surface area contributed by atoms with Crippen molar-refractivity contribution in [3.63, 3.8) is 0 Å². The Labute approximate surface area is 252 Å². The molecule has 1 atom stereocenters. The van der Waals surface area contributed by atoms with E-state index in [9.17, 15) is 28.2 Å². The highest BCUT2D eigenvalue weighted by Gasteiger charge is 2.28. The molecular formula is C33H28N2O6S2. The van der Waals surface area contributed by atoms with E-state index in [1.807, 2.05) is 13.0 Å². The number of nitrogens with zero attached hydrogens (tertiary/aromatic N) is 1. The Morgan fingerprint density at radius 2 is 1.56 bits per heavy atom. The average molecular weight is 613 g/mol. The number of carbonyl (C=O) groups excluding carboxylic acids is 1. The largest absolute Gasteiger partial charge is 0.508 e. The van der Waals surface area contributed by atoms with Gasteiger partial charge in [0.15, 0.2) is 0 Å². The Bertz CT molecular complexity index is 2050. The minimum Gasteiger partial charge on any atom is -0.508 e. The highest BCUT2D eigenvalue weighted by Crippen LogP contribution is 2.28. The lowest BCUT2D eigenvalue weighted by molar-refractivity contribution is -0.122. The fraction of sp³-hybridized carbons (Fsp3) is 0.0909. The number of hydrogen-bond acceptors (Lipinski definition) is 7. The van der Waals surface area contributed by atoms with E-state index < -0.39 is 27.5 Å². The van der Waals surface area contributed by atoms with Crippen LogP contribution < -0.4 is 19.5 Å². The SMILES string of the molecule is C=c1s/c(=C\c2ccc(-c3cc(O)cc(O)c3)cc2)c(=O)n1[C@@H](Cc1ccccc1)C(=O)NS(=O)(=O)c1ccc(C)cc1. The van der Waals surface area contributed by atoms with Crippen molar-refractivity contribution in [1.29, 1.82) is 0 Å². The lowest BCUT2D eigenvalue weighted by Crippen LogP contribution is -2.44. The highest BCUT2D eigenvalue weighted by molar-refractivity contribution is 7.90. The maximum Gasteiger partial charge on any atom is 0.269 e. The quantitative estimate of drug-likeness (QED) is 0.245. The summed E-state index contributed by atoms with van der Waals surface area (Å²) in [7, 11) is -4.19. The summed E-state index contributed by atoms with van der Waals surface area (Å²) in [5.41, 5.74) is 3.21. The van der Waals surface area contributed by atoms with Gasteiger partial charge in [0, 0.05) is 12.5 Å². The van der Waals surface area contributed by atoms with Crippen LogP contribution in [-0.4, -0.2) is 29.1 Å². The normalized spacial score (nSPS) is 12.6. The van der Waals surface area contributed by atoms with E-state index >= 15 is 0 Å². The number of aromatic hydroxyl groups is 2. The first kappa shape index (κ1) is 29.6. The number of carbonyl (C=O) groups is 1. The van der Waals surface area contributed by atoms with Crippen LogP contribution in [0.5, 0.6) is 11.5 Å². The van der Waals surface area contributed by atoms with Crippen LogP contribution in [-0.2, 0) is 21.2 Å². The summed E-state index contributed by atoms with van der Waals surface area (Å²) in [5, 5.41) is 19.6. The van der Waals surface area contributed by atoms with E-state index in [1.165, 1.54) is 34.9 Å². The average Bonchev–Trinajstić information content (AvgIpc) is 3.24. The standard InChI is InChI=1S/C33H28N2O6S2/c1-21-8-14-29(15-9-21)43(40,41)34-32(38)30(16-23-6-4-3-5-7-23)35-22(2)42-31(33(35)39)17-24-10-12-25(13-11-24)26-18-27(36)20-28(37)19-26/h3-15,17-20,30,36-37H,2,16H2,1H3,(H,34,38)/b31-17-/t30-/m0/s1. The molecule has 0 spiro atoms. The predicted molar refractivity (Wildman–Crippen MR) is 168 cm³/mol. The summed E-state index contributed by atoms with van der Waals surface area (Å²) in [6, 6.07) is 25.4. The summed E-state index contributed by atoms with van der Waals surface area (Å²) < 4.78 is 30.1. The molecule has 0 aliphatic rings. The smallest absolute Gasteiger partial charge is 0.269 e. The second kappa shape index (κ2) is 12.1. The Morgan fingerprint density at radius 3 is 2.19 bits per heavy atom. The van der Waals surface area contributed by atoms with E-state index in [4.69, 9.17) is 0 Å². The van der Waals surface area contributed by atoms with E-state index in [0.29, 0.717) is 20.3 Å². The number of phenolic OH excluding ortho intramolecular Hbond substituents is 2. The molecule has 0 radical (unpaired) electrons. The molecular weight excluding hydrogens is 585 g/mol. The van der Waals surface area contributed by atoms with E-state index in [0.717, 1.165) is 28.0 Å². The third-order valence-corrected chi connectivity index (χ3v) is 9.13. The van der Waals surface area contributed by atoms with Gasteiger partial charge in [0.1, 0.15) is 17.5 Å². The fourth-order valence-electron chi connectivity index (χ4n) is 4.66. The van der Waals surface area contributed by atoms with Gasteiger partial charge >= 0.3 is 0 Å². The zero-order valence-electron chi connectivity index (χ0n) is 23.1. The second-order valence-corrected chi connectivity index (χ2v) is 12.8. The van der Waals surface area contributed by atoms with Gasteiger partial charge in [0.25, 0.3) is 21.5 Å². The molecule has 43 heavy (non-hydrogen) atoms. The molecule has 0 aliphatic carbocycles. The molecule has 1 aromatic heterocycles. The molecule has 0 saturated carbocycles. The van der Waals surface area contributed by atoms with Crippen LogP contribution in [0.15, 0.2) is 107 Å². The number of aryl methyl sites for hydroxylation is 1. The van der Waals surface area contributed by atoms with Gasteiger partial charge in [0.2, 0.25) is 0 Å². The number of benzene rings is 4. The summed E-state index contributed by atoms with van der Waals surface area (Å²) in [6.07, 6.45) is 1.74. The number of nitrogens with one attached hydrogen (secondary N) is 1. The maximum atomic E-state index is 13.7. The molecule has 3 N–H and O–H groups in total. The predicted octanol–water partition coefficient (Wildman–Crippen LogP) is 3.82. The molecule has 10 heteroatoms. The molecule has 4 aromatic carbocycles. The van der Waals surface area contributed by atoms with E-state index in [1.54, 1.807) is 66.7 Å². The van der Waals surface area contributed by atoms with Crippen molar-refractivity contribution >= 4 is 39.9 Å². The van der Waals surface area contributed by atoms with Gasteiger partial charge in [-0.25, -0.2) is 13.1 Å². The zero-order valence-corrected chi connectivity index (χ0v) is 24.7. The molecule has 218 valence electrons. The molecule has 1 heterocycles. The minimum absolute atomic E-state index is 0.0594. The second-order valence-electron chi connectivity index (χ2n) is 10.0. The number of amides is 1. The Morgan fingerprint density at radius 1 is 0.930 bits per heavy atom. The van der Waals surface area contributed by atoms with Crippen molar-refractivity contribution in [3.05, 3.63) is 133 Å². The molecule has 0 fully saturated rings. The van der Waals surface area contributed by atoms with Crippen molar-refractivity contribution in [2.45, 2.75) is 24.3 Å².